The van der Waals surface area contributed by atoms with Crippen LogP contribution in [0.15, 0.2) is 35.2 Å². The number of fused-ring (bicyclic) bond motifs is 3. The van der Waals surface area contributed by atoms with Crippen molar-refractivity contribution in [1.29, 1.82) is 0 Å². The Kier molecular flexibility index (Phi) is 7.04. The number of aliphatic hydroxyl groups excluding tert-OH is 3. The number of aliphatic hydroxyl groups is 3. The molecular weight excluding hydrogens is 348 g/mol. The van der Waals surface area contributed by atoms with Crippen molar-refractivity contribution in [1.82, 2.24) is 0 Å². The Morgan fingerprint density at radius 2 is 2.19 bits per heavy atom. The number of hydrogen-bond donors (Lipinski definition) is 3. The van der Waals surface area contributed by atoms with Crippen LogP contribution in [0.25, 0.3) is 0 Å². The van der Waals surface area contributed by atoms with Gasteiger partial charge in [-0.1, -0.05) is 50.5 Å². The van der Waals surface area contributed by atoms with Crippen molar-refractivity contribution in [3.63, 3.8) is 0 Å². The zero-order chi connectivity index (χ0) is 18.5. The number of ether oxygens (including phenoxy) is 1. The number of thioether (sulfide) groups is 1. The maximum atomic E-state index is 10.5. The first-order chi connectivity index (χ1) is 12.7. The number of rotatable bonds is 9. The van der Waals surface area contributed by atoms with Crippen molar-refractivity contribution in [3.05, 3.63) is 35.9 Å². The second kappa shape index (κ2) is 9.27. The minimum Gasteiger partial charge on any atom is -0.488 e. The molecule has 0 unspecified atom stereocenters. The molecule has 1 aliphatic heterocycles. The fourth-order valence-electron chi connectivity index (χ4n) is 4.10. The van der Waals surface area contributed by atoms with Gasteiger partial charge in [0, 0.05) is 34.5 Å². The second-order valence-electron chi connectivity index (χ2n) is 7.26. The molecule has 1 fully saturated rings. The monoisotopic (exact) mass is 378 g/mol. The van der Waals surface area contributed by atoms with E-state index in [0.717, 1.165) is 41.9 Å². The standard InChI is InChI=1S/C21H30O4S/c1-2-3-4-6-14(23)9-10-15-17(24)13-18-20(15)16-7-5-8-19(21(16)25-18)26-12-11-22/h5,7-10,14-15,17-18,20,22-24H,2-4,6,11-13H2,1H3/t14-,15-,17+,18-,20-/m0/s1. The number of hydrogen-bond acceptors (Lipinski definition) is 5. The Labute approximate surface area is 160 Å². The molecule has 3 N–H and O–H groups in total. The summed E-state index contributed by atoms with van der Waals surface area (Å²) >= 11 is 1.60. The smallest absolute Gasteiger partial charge is 0.136 e. The first kappa shape index (κ1) is 19.7. The fraction of sp³-hybridized carbons (Fsp3) is 0.619. The topological polar surface area (TPSA) is 69.9 Å². The first-order valence-corrected chi connectivity index (χ1v) is 10.7. The van der Waals surface area contributed by atoms with Crippen LogP contribution < -0.4 is 4.74 Å². The molecule has 1 aliphatic carbocycles. The van der Waals surface area contributed by atoms with Gasteiger partial charge in [-0.3, -0.25) is 0 Å². The summed E-state index contributed by atoms with van der Waals surface area (Å²) in [6, 6.07) is 6.13. The molecule has 2 aliphatic rings. The van der Waals surface area contributed by atoms with E-state index in [1.165, 1.54) is 0 Å². The van der Waals surface area contributed by atoms with Crippen molar-refractivity contribution in [2.45, 2.75) is 68.2 Å². The highest BCUT2D eigenvalue weighted by Gasteiger charge is 2.49. The summed E-state index contributed by atoms with van der Waals surface area (Å²) in [6.45, 7) is 2.29. The summed E-state index contributed by atoms with van der Waals surface area (Å²) in [6.07, 6.45) is 7.66. The molecule has 1 heterocycles. The van der Waals surface area contributed by atoms with Gasteiger partial charge in [0.2, 0.25) is 0 Å². The first-order valence-electron chi connectivity index (χ1n) is 9.73. The van der Waals surface area contributed by atoms with E-state index in [9.17, 15) is 10.2 Å². The molecule has 5 heteroatoms. The lowest BCUT2D eigenvalue weighted by atomic mass is 9.87. The van der Waals surface area contributed by atoms with Crippen LogP contribution in [0.2, 0.25) is 0 Å². The quantitative estimate of drug-likeness (QED) is 0.349. The van der Waals surface area contributed by atoms with Gasteiger partial charge in [0.1, 0.15) is 11.9 Å². The number of unbranched alkanes of at least 4 members (excludes halogenated alkanes) is 2. The SMILES string of the molecule is CCCCC[C@H](O)C=C[C@@H]1[C@H]2c3cccc(SCCO)c3O[C@H]2C[C@H]1O. The van der Waals surface area contributed by atoms with E-state index in [1.807, 2.05) is 24.3 Å². The van der Waals surface area contributed by atoms with Crippen LogP contribution in [0.4, 0.5) is 0 Å². The average molecular weight is 379 g/mol. The van der Waals surface area contributed by atoms with Gasteiger partial charge in [-0.05, 0) is 12.5 Å². The maximum Gasteiger partial charge on any atom is 0.136 e. The molecule has 0 amide bonds. The number of para-hydroxylation sites is 1. The third-order valence-corrected chi connectivity index (χ3v) is 6.40. The summed E-state index contributed by atoms with van der Waals surface area (Å²) < 4.78 is 6.19. The van der Waals surface area contributed by atoms with Crippen LogP contribution in [-0.2, 0) is 0 Å². The number of benzene rings is 1. The molecule has 1 saturated carbocycles. The Balaban J connectivity index is 1.73. The highest BCUT2D eigenvalue weighted by Crippen LogP contribution is 2.53. The third kappa shape index (κ3) is 4.28. The van der Waals surface area contributed by atoms with E-state index in [4.69, 9.17) is 9.84 Å². The van der Waals surface area contributed by atoms with E-state index in [2.05, 4.69) is 13.0 Å². The third-order valence-electron chi connectivity index (χ3n) is 5.38. The van der Waals surface area contributed by atoms with E-state index < -0.39 is 12.2 Å². The van der Waals surface area contributed by atoms with Crippen LogP contribution in [0, 0.1) is 5.92 Å². The Morgan fingerprint density at radius 3 is 2.96 bits per heavy atom. The van der Waals surface area contributed by atoms with Crippen molar-refractivity contribution in [2.75, 3.05) is 12.4 Å². The largest absolute Gasteiger partial charge is 0.488 e. The predicted octanol–water partition coefficient (Wildman–Crippen LogP) is 3.49. The van der Waals surface area contributed by atoms with Gasteiger partial charge in [-0.2, -0.15) is 0 Å². The molecule has 3 rings (SSSR count). The lowest BCUT2D eigenvalue weighted by Gasteiger charge is -2.18. The van der Waals surface area contributed by atoms with Crippen LogP contribution in [0.5, 0.6) is 5.75 Å². The van der Waals surface area contributed by atoms with Gasteiger partial charge < -0.3 is 20.1 Å². The lowest BCUT2D eigenvalue weighted by Crippen LogP contribution is -2.17. The molecule has 0 radical (unpaired) electrons. The highest BCUT2D eigenvalue weighted by atomic mass is 32.2. The van der Waals surface area contributed by atoms with Crippen molar-refractivity contribution in [2.24, 2.45) is 5.92 Å². The lowest BCUT2D eigenvalue weighted by molar-refractivity contribution is 0.134. The van der Waals surface area contributed by atoms with Gasteiger partial charge in [-0.15, -0.1) is 11.8 Å². The molecule has 144 valence electrons. The van der Waals surface area contributed by atoms with E-state index in [-0.39, 0.29) is 24.5 Å². The summed E-state index contributed by atoms with van der Waals surface area (Å²) in [7, 11) is 0. The van der Waals surface area contributed by atoms with E-state index in [0.29, 0.717) is 12.2 Å². The fourth-order valence-corrected chi connectivity index (χ4v) is 4.89. The van der Waals surface area contributed by atoms with Crippen molar-refractivity contribution >= 4 is 11.8 Å². The minimum atomic E-state index is -0.443. The van der Waals surface area contributed by atoms with Gasteiger partial charge in [-0.25, -0.2) is 0 Å². The molecule has 0 spiro atoms. The van der Waals surface area contributed by atoms with E-state index in [1.54, 1.807) is 11.8 Å². The Bertz CT molecular complexity index is 618. The molecule has 0 aromatic heterocycles. The summed E-state index contributed by atoms with van der Waals surface area (Å²) in [5.74, 6) is 1.66. The molecule has 0 bridgehead atoms. The molecule has 5 atom stereocenters. The predicted molar refractivity (Wildman–Crippen MR) is 105 cm³/mol. The van der Waals surface area contributed by atoms with Gasteiger partial charge in [0.05, 0.1) is 18.8 Å². The highest BCUT2D eigenvalue weighted by molar-refractivity contribution is 7.99. The average Bonchev–Trinajstić information content (AvgIpc) is 3.13. The molecule has 1 aromatic rings. The summed E-state index contributed by atoms with van der Waals surface area (Å²) in [5.41, 5.74) is 1.14. The van der Waals surface area contributed by atoms with Gasteiger partial charge in [0.15, 0.2) is 0 Å². The minimum absolute atomic E-state index is 0.0113. The molecule has 0 saturated heterocycles. The van der Waals surface area contributed by atoms with Gasteiger partial charge >= 0.3 is 0 Å². The molecular formula is C21H30O4S. The zero-order valence-electron chi connectivity index (χ0n) is 15.4. The molecule has 26 heavy (non-hydrogen) atoms. The summed E-state index contributed by atoms with van der Waals surface area (Å²) in [4.78, 5) is 1.06. The second-order valence-corrected chi connectivity index (χ2v) is 8.39. The maximum absolute atomic E-state index is 10.5. The van der Waals surface area contributed by atoms with Crippen LogP contribution in [-0.4, -0.2) is 46.0 Å². The van der Waals surface area contributed by atoms with Gasteiger partial charge in [0.25, 0.3) is 0 Å². The van der Waals surface area contributed by atoms with Crippen LogP contribution >= 0.6 is 11.8 Å². The normalized spacial score (nSPS) is 28.2. The van der Waals surface area contributed by atoms with Crippen LogP contribution in [0.3, 0.4) is 0 Å². The zero-order valence-corrected chi connectivity index (χ0v) is 16.2. The summed E-state index contributed by atoms with van der Waals surface area (Å²) in [5, 5.41) is 29.8. The molecule has 4 nitrogen and oxygen atoms in total. The molecule has 1 aromatic carbocycles. The van der Waals surface area contributed by atoms with Crippen molar-refractivity contribution in [3.8, 4) is 5.75 Å². The van der Waals surface area contributed by atoms with Crippen molar-refractivity contribution < 1.29 is 20.1 Å². The van der Waals surface area contributed by atoms with Crippen LogP contribution in [0.1, 0.15) is 50.5 Å². The Morgan fingerprint density at radius 1 is 1.35 bits per heavy atom. The Hall–Kier alpha value is -1.01. The van der Waals surface area contributed by atoms with E-state index >= 15 is 0 Å².